The first-order valence-electron chi connectivity index (χ1n) is 4.04. The molecule has 1 aliphatic carbocycles. The number of hydrogen-bond donors (Lipinski definition) is 0. The first-order valence-corrected chi connectivity index (χ1v) is 4.92. The fourth-order valence-corrected chi connectivity index (χ4v) is 2.51. The van der Waals surface area contributed by atoms with Crippen LogP contribution in [0.5, 0.6) is 0 Å². The molecule has 0 N–H and O–H groups in total. The maximum absolute atomic E-state index is 2.40. The van der Waals surface area contributed by atoms with Gasteiger partial charge in [-0.15, -0.1) is 11.8 Å². The summed E-state index contributed by atoms with van der Waals surface area (Å²) in [6, 6.07) is 0. The normalized spacial score (nSPS) is 29.0. The van der Waals surface area contributed by atoms with Crippen molar-refractivity contribution in [1.82, 2.24) is 0 Å². The molecular weight excluding hydrogens is 152 g/mol. The van der Waals surface area contributed by atoms with Crippen LogP contribution >= 0.6 is 11.8 Å². The molecule has 0 aromatic carbocycles. The van der Waals surface area contributed by atoms with Gasteiger partial charge in [0.05, 0.1) is 0 Å². The zero-order chi connectivity index (χ0) is 7.68. The molecule has 1 atom stereocenters. The largest absolute Gasteiger partial charge is 0.103 e. The summed E-state index contributed by atoms with van der Waals surface area (Å²) in [5.41, 5.74) is 1.52. The molecule has 0 aromatic heterocycles. The second-order valence-electron chi connectivity index (χ2n) is 3.21. The minimum atomic E-state index is 0.684. The minimum Gasteiger partial charge on any atom is -0.103 e. The van der Waals surface area contributed by atoms with E-state index in [1.54, 1.807) is 0 Å². The third-order valence-electron chi connectivity index (χ3n) is 2.14. The van der Waals surface area contributed by atoms with Crippen molar-refractivity contribution in [3.05, 3.63) is 34.1 Å². The highest BCUT2D eigenvalue weighted by Gasteiger charge is 2.11. The monoisotopic (exact) mass is 164 g/mol. The summed E-state index contributed by atoms with van der Waals surface area (Å²) in [4.78, 5) is 1.53. The molecule has 0 aromatic rings. The number of fused-ring (bicyclic) bond motifs is 1. The Labute approximate surface area is 72.1 Å². The van der Waals surface area contributed by atoms with E-state index in [-0.39, 0.29) is 0 Å². The SMILES string of the molecule is CC1=CC[C@@H]2C=CSC(=C2)C1. The van der Waals surface area contributed by atoms with Gasteiger partial charge in [-0.3, -0.25) is 0 Å². The quantitative estimate of drug-likeness (QED) is 0.494. The summed E-state index contributed by atoms with van der Waals surface area (Å²) < 4.78 is 0. The maximum atomic E-state index is 2.40. The van der Waals surface area contributed by atoms with E-state index in [1.165, 1.54) is 23.3 Å². The van der Waals surface area contributed by atoms with E-state index in [4.69, 9.17) is 0 Å². The van der Waals surface area contributed by atoms with E-state index < -0.39 is 0 Å². The Morgan fingerprint density at radius 1 is 1.55 bits per heavy atom. The highest BCUT2D eigenvalue weighted by molar-refractivity contribution is 8.05. The smallest absolute Gasteiger partial charge is 0.0000513 e. The van der Waals surface area contributed by atoms with Crippen LogP contribution in [0, 0.1) is 5.92 Å². The van der Waals surface area contributed by atoms with E-state index in [0.29, 0.717) is 5.92 Å². The summed E-state index contributed by atoms with van der Waals surface area (Å²) in [7, 11) is 0. The Morgan fingerprint density at radius 2 is 2.45 bits per heavy atom. The first-order chi connectivity index (χ1) is 5.34. The molecule has 1 aliphatic heterocycles. The van der Waals surface area contributed by atoms with E-state index in [1.807, 2.05) is 11.8 Å². The molecule has 11 heavy (non-hydrogen) atoms. The van der Waals surface area contributed by atoms with Gasteiger partial charge < -0.3 is 0 Å². The third-order valence-corrected chi connectivity index (χ3v) is 3.01. The molecule has 0 saturated carbocycles. The van der Waals surface area contributed by atoms with Crippen molar-refractivity contribution in [3.8, 4) is 0 Å². The van der Waals surface area contributed by atoms with Crippen LogP contribution in [0.4, 0.5) is 0 Å². The summed E-state index contributed by atoms with van der Waals surface area (Å²) in [6.45, 7) is 2.22. The van der Waals surface area contributed by atoms with Gasteiger partial charge in [0.15, 0.2) is 0 Å². The van der Waals surface area contributed by atoms with E-state index in [2.05, 4.69) is 30.6 Å². The molecule has 2 aliphatic rings. The van der Waals surface area contributed by atoms with Crippen molar-refractivity contribution in [2.24, 2.45) is 5.92 Å². The van der Waals surface area contributed by atoms with Gasteiger partial charge in [-0.05, 0) is 30.1 Å². The Hall–Kier alpha value is -0.430. The lowest BCUT2D eigenvalue weighted by Crippen LogP contribution is -1.91. The van der Waals surface area contributed by atoms with Crippen LogP contribution < -0.4 is 0 Å². The van der Waals surface area contributed by atoms with Crippen LogP contribution in [0.2, 0.25) is 0 Å². The van der Waals surface area contributed by atoms with Crippen LogP contribution in [0.15, 0.2) is 34.1 Å². The Kier molecular flexibility index (Phi) is 1.91. The number of thioether (sulfide) groups is 1. The van der Waals surface area contributed by atoms with Gasteiger partial charge >= 0.3 is 0 Å². The van der Waals surface area contributed by atoms with Crippen molar-refractivity contribution in [2.75, 3.05) is 0 Å². The van der Waals surface area contributed by atoms with Crippen LogP contribution in [-0.4, -0.2) is 0 Å². The van der Waals surface area contributed by atoms with E-state index >= 15 is 0 Å². The lowest BCUT2D eigenvalue weighted by atomic mass is 10.1. The number of allylic oxidation sites excluding steroid dienone is 5. The average molecular weight is 164 g/mol. The second kappa shape index (κ2) is 2.90. The predicted octanol–water partition coefficient (Wildman–Crippen LogP) is 3.49. The molecule has 0 radical (unpaired) electrons. The van der Waals surface area contributed by atoms with Crippen molar-refractivity contribution < 1.29 is 0 Å². The van der Waals surface area contributed by atoms with Gasteiger partial charge in [-0.25, -0.2) is 0 Å². The highest BCUT2D eigenvalue weighted by Crippen LogP contribution is 2.34. The molecular formula is C10H12S. The van der Waals surface area contributed by atoms with Gasteiger partial charge in [0.1, 0.15) is 0 Å². The molecule has 1 heterocycles. The summed E-state index contributed by atoms with van der Waals surface area (Å²) in [6.07, 6.45) is 9.43. The standard InChI is InChI=1S/C10H12S/c1-8-2-3-9-4-5-11-10(6-8)7-9/h2,4-5,7,9H,3,6H2,1H3/t9-/m1/s1. The highest BCUT2D eigenvalue weighted by atomic mass is 32.2. The third kappa shape index (κ3) is 1.59. The Bertz CT molecular complexity index is 246. The van der Waals surface area contributed by atoms with Crippen molar-refractivity contribution >= 4 is 11.8 Å². The molecule has 2 bridgehead atoms. The summed E-state index contributed by atoms with van der Waals surface area (Å²) in [5, 5.41) is 2.23. The minimum absolute atomic E-state index is 0.684. The fraction of sp³-hybridized carbons (Fsp3) is 0.400. The van der Waals surface area contributed by atoms with Gasteiger partial charge in [0.2, 0.25) is 0 Å². The molecule has 0 amide bonds. The summed E-state index contributed by atoms with van der Waals surface area (Å²) >= 11 is 1.87. The Morgan fingerprint density at radius 3 is 3.36 bits per heavy atom. The average Bonchev–Trinajstić information content (AvgIpc) is 2.12. The van der Waals surface area contributed by atoms with Gasteiger partial charge in [0, 0.05) is 5.92 Å². The lowest BCUT2D eigenvalue weighted by molar-refractivity contribution is 0.832. The Balaban J connectivity index is 2.24. The van der Waals surface area contributed by atoms with Crippen molar-refractivity contribution in [1.29, 1.82) is 0 Å². The molecule has 0 nitrogen and oxygen atoms in total. The molecule has 0 spiro atoms. The molecule has 0 unspecified atom stereocenters. The molecule has 58 valence electrons. The van der Waals surface area contributed by atoms with Crippen LogP contribution in [0.1, 0.15) is 19.8 Å². The van der Waals surface area contributed by atoms with Crippen LogP contribution in [0.3, 0.4) is 0 Å². The topological polar surface area (TPSA) is 0 Å². The van der Waals surface area contributed by atoms with E-state index in [9.17, 15) is 0 Å². The zero-order valence-electron chi connectivity index (χ0n) is 6.71. The number of hydrogen-bond acceptors (Lipinski definition) is 1. The number of rotatable bonds is 0. The van der Waals surface area contributed by atoms with Crippen molar-refractivity contribution in [3.63, 3.8) is 0 Å². The van der Waals surface area contributed by atoms with Gasteiger partial charge in [-0.2, -0.15) is 0 Å². The molecule has 0 saturated heterocycles. The van der Waals surface area contributed by atoms with Crippen LogP contribution in [-0.2, 0) is 0 Å². The van der Waals surface area contributed by atoms with Gasteiger partial charge in [0.25, 0.3) is 0 Å². The lowest BCUT2D eigenvalue weighted by Gasteiger charge is -2.09. The first kappa shape index (κ1) is 7.23. The molecule has 0 fully saturated rings. The van der Waals surface area contributed by atoms with Crippen LogP contribution in [0.25, 0.3) is 0 Å². The molecule has 1 heteroatoms. The van der Waals surface area contributed by atoms with E-state index in [0.717, 1.165) is 0 Å². The zero-order valence-corrected chi connectivity index (χ0v) is 7.53. The van der Waals surface area contributed by atoms with Crippen molar-refractivity contribution in [2.45, 2.75) is 19.8 Å². The fourth-order valence-electron chi connectivity index (χ4n) is 1.49. The van der Waals surface area contributed by atoms with Gasteiger partial charge in [-0.1, -0.05) is 23.8 Å². The maximum Gasteiger partial charge on any atom is 0.0000513 e. The molecule has 2 rings (SSSR count). The second-order valence-corrected chi connectivity index (χ2v) is 4.24. The summed E-state index contributed by atoms with van der Waals surface area (Å²) in [5.74, 6) is 0.684. The predicted molar refractivity (Wildman–Crippen MR) is 51.3 cm³/mol.